The largest absolute Gasteiger partial charge is 0.493 e. The minimum absolute atomic E-state index is 0.0391. The third kappa shape index (κ3) is 5.58. The number of sulfonamides is 1. The molecule has 7 heteroatoms. The summed E-state index contributed by atoms with van der Waals surface area (Å²) in [4.78, 5) is 12.4. The Labute approximate surface area is 148 Å². The molecule has 0 aliphatic rings. The van der Waals surface area contributed by atoms with Gasteiger partial charge in [-0.1, -0.05) is 37.6 Å². The number of carbonyl (C=O) groups excluding carboxylic acids is 1. The van der Waals surface area contributed by atoms with Crippen LogP contribution in [0.25, 0.3) is 0 Å². The molecule has 0 unspecified atom stereocenters. The standard InChI is InChI=1S/C18H22N2O4S/c1-2-3-12-24-17-7-5-4-6-16(17)18(21)20-13-14-8-10-15(11-9-14)25(19,22)23/h4-11H,2-3,12-13H2,1H3,(H,20,21)(H2,19,22,23). The molecule has 0 bridgehead atoms. The Kier molecular flexibility index (Phi) is 6.55. The topological polar surface area (TPSA) is 98.5 Å². The van der Waals surface area contributed by atoms with Crippen LogP contribution in [0.3, 0.4) is 0 Å². The molecule has 0 spiro atoms. The van der Waals surface area contributed by atoms with Crippen molar-refractivity contribution in [2.75, 3.05) is 6.61 Å². The average molecular weight is 362 g/mol. The fraction of sp³-hybridized carbons (Fsp3) is 0.278. The number of hydrogen-bond donors (Lipinski definition) is 2. The zero-order valence-electron chi connectivity index (χ0n) is 14.1. The van der Waals surface area contributed by atoms with Crippen LogP contribution in [0.15, 0.2) is 53.4 Å². The lowest BCUT2D eigenvalue weighted by molar-refractivity contribution is 0.0946. The second-order valence-electron chi connectivity index (χ2n) is 5.57. The monoisotopic (exact) mass is 362 g/mol. The van der Waals surface area contributed by atoms with Crippen molar-refractivity contribution in [3.8, 4) is 5.75 Å². The molecule has 0 radical (unpaired) electrons. The number of para-hydroxylation sites is 1. The molecule has 2 rings (SSSR count). The molecule has 0 saturated heterocycles. The predicted molar refractivity (Wildman–Crippen MR) is 95.8 cm³/mol. The highest BCUT2D eigenvalue weighted by Gasteiger charge is 2.12. The molecule has 134 valence electrons. The lowest BCUT2D eigenvalue weighted by Gasteiger charge is -2.11. The van der Waals surface area contributed by atoms with E-state index in [-0.39, 0.29) is 17.3 Å². The van der Waals surface area contributed by atoms with Crippen molar-refractivity contribution in [3.05, 3.63) is 59.7 Å². The molecule has 0 aliphatic heterocycles. The Bertz CT molecular complexity index is 817. The molecule has 0 heterocycles. The summed E-state index contributed by atoms with van der Waals surface area (Å²) in [5, 5.41) is 7.86. The highest BCUT2D eigenvalue weighted by Crippen LogP contribution is 2.18. The number of amides is 1. The van der Waals surface area contributed by atoms with E-state index in [1.54, 1.807) is 30.3 Å². The van der Waals surface area contributed by atoms with Gasteiger partial charge in [0.15, 0.2) is 0 Å². The van der Waals surface area contributed by atoms with Gasteiger partial charge in [-0.05, 0) is 36.2 Å². The maximum Gasteiger partial charge on any atom is 0.255 e. The number of hydrogen-bond acceptors (Lipinski definition) is 4. The highest BCUT2D eigenvalue weighted by atomic mass is 32.2. The number of primary sulfonamides is 1. The Morgan fingerprint density at radius 3 is 2.44 bits per heavy atom. The lowest BCUT2D eigenvalue weighted by atomic mass is 10.1. The van der Waals surface area contributed by atoms with E-state index in [0.29, 0.717) is 17.9 Å². The third-order valence-corrected chi connectivity index (χ3v) is 4.52. The number of unbranched alkanes of at least 4 members (excludes halogenated alkanes) is 1. The Morgan fingerprint density at radius 2 is 1.80 bits per heavy atom. The number of nitrogens with one attached hydrogen (secondary N) is 1. The predicted octanol–water partition coefficient (Wildman–Crippen LogP) is 2.44. The first-order valence-corrected chi connectivity index (χ1v) is 9.58. The van der Waals surface area contributed by atoms with Gasteiger partial charge in [-0.2, -0.15) is 0 Å². The maximum atomic E-state index is 12.4. The maximum absolute atomic E-state index is 12.4. The van der Waals surface area contributed by atoms with E-state index in [0.717, 1.165) is 18.4 Å². The Hall–Kier alpha value is -2.38. The van der Waals surface area contributed by atoms with E-state index >= 15 is 0 Å². The smallest absolute Gasteiger partial charge is 0.255 e. The highest BCUT2D eigenvalue weighted by molar-refractivity contribution is 7.89. The van der Waals surface area contributed by atoms with Crippen molar-refractivity contribution in [3.63, 3.8) is 0 Å². The van der Waals surface area contributed by atoms with Gasteiger partial charge in [0.05, 0.1) is 17.1 Å². The van der Waals surface area contributed by atoms with Gasteiger partial charge < -0.3 is 10.1 Å². The lowest BCUT2D eigenvalue weighted by Crippen LogP contribution is -2.23. The van der Waals surface area contributed by atoms with Gasteiger partial charge >= 0.3 is 0 Å². The van der Waals surface area contributed by atoms with Gasteiger partial charge in [0.1, 0.15) is 5.75 Å². The fourth-order valence-electron chi connectivity index (χ4n) is 2.18. The normalized spacial score (nSPS) is 11.1. The zero-order valence-corrected chi connectivity index (χ0v) is 14.9. The van der Waals surface area contributed by atoms with E-state index < -0.39 is 10.0 Å². The number of rotatable bonds is 8. The van der Waals surface area contributed by atoms with Crippen molar-refractivity contribution < 1.29 is 17.9 Å². The van der Waals surface area contributed by atoms with Crippen LogP contribution in [-0.4, -0.2) is 20.9 Å². The van der Waals surface area contributed by atoms with Gasteiger partial charge in [-0.3, -0.25) is 4.79 Å². The summed E-state index contributed by atoms with van der Waals surface area (Å²) in [7, 11) is -3.71. The summed E-state index contributed by atoms with van der Waals surface area (Å²) in [5.74, 6) is 0.306. The van der Waals surface area contributed by atoms with Gasteiger partial charge in [0, 0.05) is 6.54 Å². The molecule has 6 nitrogen and oxygen atoms in total. The molecule has 2 aromatic rings. The SMILES string of the molecule is CCCCOc1ccccc1C(=O)NCc1ccc(S(N)(=O)=O)cc1. The first kappa shape index (κ1) is 19.0. The number of benzene rings is 2. The van der Waals surface area contributed by atoms with Gasteiger partial charge in [-0.25, -0.2) is 13.6 Å². The van der Waals surface area contributed by atoms with E-state index in [1.165, 1.54) is 12.1 Å². The van der Waals surface area contributed by atoms with Crippen molar-refractivity contribution in [2.45, 2.75) is 31.2 Å². The fourth-order valence-corrected chi connectivity index (χ4v) is 2.70. The number of carbonyl (C=O) groups is 1. The molecule has 0 aliphatic carbocycles. The van der Waals surface area contributed by atoms with Crippen LogP contribution in [0.4, 0.5) is 0 Å². The van der Waals surface area contributed by atoms with E-state index in [4.69, 9.17) is 9.88 Å². The van der Waals surface area contributed by atoms with E-state index in [1.807, 2.05) is 6.07 Å². The Morgan fingerprint density at radius 1 is 1.12 bits per heavy atom. The summed E-state index contributed by atoms with van der Waals surface area (Å²) < 4.78 is 28.1. The second kappa shape index (κ2) is 8.64. The molecule has 3 N–H and O–H groups in total. The minimum Gasteiger partial charge on any atom is -0.493 e. The molecule has 0 aromatic heterocycles. The van der Waals surface area contributed by atoms with Gasteiger partial charge in [0.2, 0.25) is 10.0 Å². The van der Waals surface area contributed by atoms with Crippen LogP contribution >= 0.6 is 0 Å². The van der Waals surface area contributed by atoms with Crippen LogP contribution in [0, 0.1) is 0 Å². The van der Waals surface area contributed by atoms with Crippen LogP contribution in [0.2, 0.25) is 0 Å². The van der Waals surface area contributed by atoms with Crippen LogP contribution < -0.4 is 15.2 Å². The van der Waals surface area contributed by atoms with Crippen LogP contribution in [0.1, 0.15) is 35.7 Å². The van der Waals surface area contributed by atoms with Crippen molar-refractivity contribution in [1.29, 1.82) is 0 Å². The summed E-state index contributed by atoms with van der Waals surface area (Å²) >= 11 is 0. The molecule has 0 fully saturated rings. The minimum atomic E-state index is -3.71. The third-order valence-electron chi connectivity index (χ3n) is 3.59. The molecule has 0 atom stereocenters. The molecule has 2 aromatic carbocycles. The summed E-state index contributed by atoms with van der Waals surface area (Å²) in [6, 6.07) is 13.1. The molecular formula is C18H22N2O4S. The molecule has 25 heavy (non-hydrogen) atoms. The average Bonchev–Trinajstić information content (AvgIpc) is 2.60. The summed E-state index contributed by atoms with van der Waals surface area (Å²) in [6.07, 6.45) is 1.94. The first-order chi connectivity index (χ1) is 11.9. The van der Waals surface area contributed by atoms with Crippen molar-refractivity contribution >= 4 is 15.9 Å². The van der Waals surface area contributed by atoms with E-state index in [2.05, 4.69) is 12.2 Å². The number of nitrogens with two attached hydrogens (primary N) is 1. The summed E-state index contributed by atoms with van der Waals surface area (Å²) in [5.41, 5.74) is 1.24. The molecular weight excluding hydrogens is 340 g/mol. The van der Waals surface area contributed by atoms with Gasteiger partial charge in [-0.15, -0.1) is 0 Å². The van der Waals surface area contributed by atoms with Crippen LogP contribution in [-0.2, 0) is 16.6 Å². The van der Waals surface area contributed by atoms with E-state index in [9.17, 15) is 13.2 Å². The molecule has 0 saturated carbocycles. The van der Waals surface area contributed by atoms with Crippen LogP contribution in [0.5, 0.6) is 5.75 Å². The quantitative estimate of drug-likeness (QED) is 0.705. The molecule has 1 amide bonds. The Balaban J connectivity index is 2.00. The zero-order chi connectivity index (χ0) is 18.3. The summed E-state index contributed by atoms with van der Waals surface area (Å²) in [6.45, 7) is 2.91. The second-order valence-corrected chi connectivity index (χ2v) is 7.13. The van der Waals surface area contributed by atoms with Crippen molar-refractivity contribution in [1.82, 2.24) is 5.32 Å². The van der Waals surface area contributed by atoms with Crippen molar-refractivity contribution in [2.24, 2.45) is 5.14 Å². The first-order valence-electron chi connectivity index (χ1n) is 8.03. The van der Waals surface area contributed by atoms with Gasteiger partial charge in [0.25, 0.3) is 5.91 Å². The number of ether oxygens (including phenoxy) is 1.